The number of carbonyl (C=O) groups excluding carboxylic acids is 1. The van der Waals surface area contributed by atoms with Gasteiger partial charge in [-0.2, -0.15) is 0 Å². The van der Waals surface area contributed by atoms with E-state index in [9.17, 15) is 20.1 Å². The van der Waals surface area contributed by atoms with Crippen LogP contribution in [0.5, 0.6) is 0 Å². The maximum Gasteiger partial charge on any atom is 3.00 e. The molecule has 0 aromatic rings. The van der Waals surface area contributed by atoms with E-state index in [2.05, 4.69) is 0 Å². The van der Waals surface area contributed by atoms with Crippen LogP contribution in [-0.4, -0.2) is 25.6 Å². The van der Waals surface area contributed by atoms with Gasteiger partial charge in [-0.25, -0.2) is 0 Å². The molecule has 0 heterocycles. The summed E-state index contributed by atoms with van der Waals surface area (Å²) in [6, 6.07) is 0. The Kier molecular flexibility index (Phi) is 69.2. The van der Waals surface area contributed by atoms with Gasteiger partial charge in [0.2, 0.25) is 0 Å². The van der Waals surface area contributed by atoms with Crippen LogP contribution in [0.4, 0.5) is 0 Å². The first kappa shape index (κ1) is 32.4. The second-order valence-electron chi connectivity index (χ2n) is 4.08. The third-order valence-corrected chi connectivity index (χ3v) is 1.49. The molecular weight excluding hydrogens is 335 g/mol. The largest absolute Gasteiger partial charge is 3.00 e. The van der Waals surface area contributed by atoms with Crippen LogP contribution in [0.15, 0.2) is 0 Å². The summed E-state index contributed by atoms with van der Waals surface area (Å²) in [6.07, 6.45) is 5.59. The van der Waals surface area contributed by atoms with Crippen molar-refractivity contribution in [1.29, 1.82) is 0 Å². The number of Topliss-reactive ketones (excluding diaryl/α,β-unsaturated/α-hetero) is 1. The number of hydrogen-bond acceptors (Lipinski definition) is 4. The van der Waals surface area contributed by atoms with E-state index in [0.717, 1.165) is 38.5 Å². The molecule has 1 radical (unpaired) electrons. The van der Waals surface area contributed by atoms with E-state index in [1.165, 1.54) is 13.8 Å². The van der Waals surface area contributed by atoms with Gasteiger partial charge in [0, 0.05) is 0 Å². The number of hydrogen-bond donors (Lipinski definition) is 0. The molecule has 0 aromatic heterocycles. The molecule has 0 atom stereocenters. The van der Waals surface area contributed by atoms with Crippen LogP contribution < -0.4 is 15.3 Å². The maximum atomic E-state index is 9.53. The molecule has 0 aliphatic rings. The molecule has 5 heteroatoms. The quantitative estimate of drug-likeness (QED) is 0.701. The summed E-state index contributed by atoms with van der Waals surface area (Å²) in [5.74, 6) is 0.167. The molecule has 0 saturated heterocycles. The molecule has 0 rings (SSSR count). The van der Waals surface area contributed by atoms with Crippen molar-refractivity contribution in [3.8, 4) is 0 Å². The molecule has 0 saturated carbocycles. The average Bonchev–Trinajstić information content (AvgIpc) is 2.33. The minimum Gasteiger partial charge on any atom is -0.854 e. The maximum absolute atomic E-state index is 9.53. The molecule has 0 amide bonds. The first-order chi connectivity index (χ1) is 8.97. The Hall–Kier alpha value is 0.433. The number of carbonyl (C=O) groups is 1. The van der Waals surface area contributed by atoms with Crippen LogP contribution in [0.2, 0.25) is 0 Å². The zero-order chi connectivity index (χ0) is 15.9. The Bertz CT molecular complexity index is 109. The zero-order valence-corrected chi connectivity index (χ0v) is 16.5. The van der Waals surface area contributed by atoms with Crippen LogP contribution in [0.3, 0.4) is 0 Å². The molecule has 4 nitrogen and oxygen atoms in total. The van der Waals surface area contributed by atoms with Crippen LogP contribution in [0.1, 0.15) is 73.1 Å². The molecule has 0 aliphatic heterocycles. The van der Waals surface area contributed by atoms with Crippen LogP contribution in [0.25, 0.3) is 0 Å². The second-order valence-corrected chi connectivity index (χ2v) is 4.08. The van der Waals surface area contributed by atoms with E-state index in [0.29, 0.717) is 0 Å². The SMILES string of the molecule is CC(C)=O.CCCC[O-].CCCC[O-].CCCC[O-].[Zr+3]. The van der Waals surface area contributed by atoms with Gasteiger partial charge in [-0.3, -0.25) is 0 Å². The first-order valence-electron chi connectivity index (χ1n) is 7.19. The summed E-state index contributed by atoms with van der Waals surface area (Å²) < 4.78 is 0. The summed E-state index contributed by atoms with van der Waals surface area (Å²) >= 11 is 0. The molecular formula is C15H33O4Zr. The smallest absolute Gasteiger partial charge is 0.854 e. The summed E-state index contributed by atoms with van der Waals surface area (Å²) in [5.41, 5.74) is 0. The molecule has 0 spiro atoms. The number of ketones is 1. The summed E-state index contributed by atoms with van der Waals surface area (Å²) in [4.78, 5) is 9.44. The summed E-state index contributed by atoms with van der Waals surface area (Å²) in [7, 11) is 0. The third-order valence-electron chi connectivity index (χ3n) is 1.49. The van der Waals surface area contributed by atoms with E-state index < -0.39 is 0 Å². The Balaban J connectivity index is -0.0000000494. The van der Waals surface area contributed by atoms with Gasteiger partial charge >= 0.3 is 26.2 Å². The van der Waals surface area contributed by atoms with Gasteiger partial charge in [-0.15, -0.1) is 19.8 Å². The Morgan fingerprint density at radius 2 is 0.850 bits per heavy atom. The van der Waals surface area contributed by atoms with E-state index in [4.69, 9.17) is 0 Å². The fraction of sp³-hybridized carbons (Fsp3) is 0.933. The average molecular weight is 369 g/mol. The topological polar surface area (TPSA) is 86.2 Å². The molecule has 20 heavy (non-hydrogen) atoms. The van der Waals surface area contributed by atoms with Crippen molar-refractivity contribution in [3.05, 3.63) is 0 Å². The summed E-state index contributed by atoms with van der Waals surface area (Å²) in [6.45, 7) is 9.37. The van der Waals surface area contributed by atoms with E-state index in [-0.39, 0.29) is 51.8 Å². The van der Waals surface area contributed by atoms with Gasteiger partial charge in [0.15, 0.2) is 0 Å². The van der Waals surface area contributed by atoms with Gasteiger partial charge in [0.25, 0.3) is 0 Å². The first-order valence-corrected chi connectivity index (χ1v) is 7.19. The van der Waals surface area contributed by atoms with E-state index >= 15 is 0 Å². The van der Waals surface area contributed by atoms with Crippen LogP contribution in [0, 0.1) is 0 Å². The molecule has 0 fully saturated rings. The fourth-order valence-electron chi connectivity index (χ4n) is 0.433. The molecule has 0 aromatic carbocycles. The Morgan fingerprint density at radius 3 is 0.850 bits per heavy atom. The van der Waals surface area contributed by atoms with Gasteiger partial charge in [0.05, 0.1) is 0 Å². The number of rotatable bonds is 6. The minimum absolute atomic E-state index is 0. The van der Waals surface area contributed by atoms with Crippen LogP contribution in [-0.2, 0) is 31.0 Å². The van der Waals surface area contributed by atoms with Gasteiger partial charge in [-0.05, 0) is 13.8 Å². The zero-order valence-electron chi connectivity index (χ0n) is 14.0. The molecule has 0 unspecified atom stereocenters. The molecule has 0 aliphatic carbocycles. The Morgan fingerprint density at radius 1 is 0.700 bits per heavy atom. The van der Waals surface area contributed by atoms with Crippen LogP contribution >= 0.6 is 0 Å². The van der Waals surface area contributed by atoms with Crippen molar-refractivity contribution in [2.45, 2.75) is 73.1 Å². The second kappa shape index (κ2) is 42.7. The van der Waals surface area contributed by atoms with Crippen molar-refractivity contribution >= 4 is 5.78 Å². The predicted octanol–water partition coefficient (Wildman–Crippen LogP) is 1.03. The minimum atomic E-state index is 0. The van der Waals surface area contributed by atoms with E-state index in [1.807, 2.05) is 20.8 Å². The molecule has 0 bridgehead atoms. The van der Waals surface area contributed by atoms with Crippen molar-refractivity contribution in [1.82, 2.24) is 0 Å². The van der Waals surface area contributed by atoms with Crippen molar-refractivity contribution in [2.75, 3.05) is 19.8 Å². The molecule has 0 N–H and O–H groups in total. The summed E-state index contributed by atoms with van der Waals surface area (Å²) in [5, 5.41) is 28.6. The Labute approximate surface area is 145 Å². The van der Waals surface area contributed by atoms with Gasteiger partial charge in [-0.1, -0.05) is 59.3 Å². The third kappa shape index (κ3) is 135. The van der Waals surface area contributed by atoms with E-state index in [1.54, 1.807) is 0 Å². The monoisotopic (exact) mass is 367 g/mol. The van der Waals surface area contributed by atoms with Crippen molar-refractivity contribution in [2.24, 2.45) is 0 Å². The fourth-order valence-corrected chi connectivity index (χ4v) is 0.433. The number of unbranched alkanes of at least 4 members (excludes halogenated alkanes) is 3. The van der Waals surface area contributed by atoms with Crippen molar-refractivity contribution in [3.63, 3.8) is 0 Å². The predicted molar refractivity (Wildman–Crippen MR) is 75.7 cm³/mol. The normalized spacial score (nSPS) is 7.60. The van der Waals surface area contributed by atoms with Gasteiger partial charge in [0.1, 0.15) is 5.78 Å². The molecule has 121 valence electrons. The van der Waals surface area contributed by atoms with Crippen molar-refractivity contribution < 1.29 is 46.3 Å². The standard InChI is InChI=1S/3C4H9O.C3H6O.Zr/c3*1-2-3-4-5;1-3(2)4;/h3*2-4H2,1H3;1-2H3;/q3*-1;;+3. The van der Waals surface area contributed by atoms with Gasteiger partial charge < -0.3 is 20.1 Å².